The Morgan fingerprint density at radius 2 is 1.59 bits per heavy atom. The molecule has 1 aromatic heterocycles. The molecule has 1 heterocycles. The molecule has 112 valence electrons. The summed E-state index contributed by atoms with van der Waals surface area (Å²) < 4.78 is 40.0. The molecule has 0 spiro atoms. The van der Waals surface area contributed by atoms with Gasteiger partial charge in [0.2, 0.25) is 5.16 Å². The highest BCUT2D eigenvalue weighted by Crippen LogP contribution is 2.30. The van der Waals surface area contributed by atoms with Gasteiger partial charge in [-0.1, -0.05) is 30.3 Å². The van der Waals surface area contributed by atoms with Crippen molar-refractivity contribution in [2.24, 2.45) is 0 Å². The van der Waals surface area contributed by atoms with Crippen LogP contribution >= 0.6 is 11.8 Å². The van der Waals surface area contributed by atoms with Crippen molar-refractivity contribution in [3.63, 3.8) is 0 Å². The number of hydrogen-bond donors (Lipinski definition) is 0. The van der Waals surface area contributed by atoms with Crippen LogP contribution < -0.4 is 0 Å². The SMILES string of the molecule is Fc1ccc(-n2c(SC(F)F)nnc2-c2ccccc2)cc1. The van der Waals surface area contributed by atoms with E-state index in [9.17, 15) is 13.2 Å². The monoisotopic (exact) mass is 321 g/mol. The van der Waals surface area contributed by atoms with Gasteiger partial charge in [-0.05, 0) is 36.0 Å². The third-order valence-corrected chi connectivity index (χ3v) is 3.60. The topological polar surface area (TPSA) is 30.7 Å². The second-order valence-electron chi connectivity index (χ2n) is 4.36. The molecule has 0 saturated heterocycles. The Morgan fingerprint density at radius 1 is 0.909 bits per heavy atom. The van der Waals surface area contributed by atoms with Gasteiger partial charge in [-0.3, -0.25) is 4.57 Å². The first kappa shape index (κ1) is 14.6. The van der Waals surface area contributed by atoms with Crippen LogP contribution in [0.15, 0.2) is 59.8 Å². The van der Waals surface area contributed by atoms with Crippen LogP contribution in [0.25, 0.3) is 17.1 Å². The maximum absolute atomic E-state index is 13.1. The Hall–Kier alpha value is -2.28. The molecule has 0 aliphatic rings. The Kier molecular flexibility index (Phi) is 4.15. The fourth-order valence-electron chi connectivity index (χ4n) is 2.02. The Labute approximate surface area is 128 Å². The number of aromatic nitrogens is 3. The molecule has 0 atom stereocenters. The summed E-state index contributed by atoms with van der Waals surface area (Å²) in [7, 11) is 0. The first-order valence-electron chi connectivity index (χ1n) is 6.37. The van der Waals surface area contributed by atoms with Gasteiger partial charge in [0.15, 0.2) is 5.82 Å². The smallest absolute Gasteiger partial charge is 0.270 e. The predicted molar refractivity (Wildman–Crippen MR) is 78.6 cm³/mol. The molecule has 0 aliphatic carbocycles. The zero-order valence-electron chi connectivity index (χ0n) is 11.2. The first-order chi connectivity index (χ1) is 10.6. The first-order valence-corrected chi connectivity index (χ1v) is 7.24. The van der Waals surface area contributed by atoms with Gasteiger partial charge in [-0.2, -0.15) is 8.78 Å². The van der Waals surface area contributed by atoms with Crippen molar-refractivity contribution in [2.45, 2.75) is 10.9 Å². The summed E-state index contributed by atoms with van der Waals surface area (Å²) in [5.74, 6) is -2.59. The molecule has 7 heteroatoms. The lowest BCUT2D eigenvalue weighted by atomic mass is 10.2. The zero-order chi connectivity index (χ0) is 15.5. The van der Waals surface area contributed by atoms with Crippen molar-refractivity contribution < 1.29 is 13.2 Å². The van der Waals surface area contributed by atoms with Gasteiger partial charge < -0.3 is 0 Å². The van der Waals surface area contributed by atoms with Crippen LogP contribution in [0, 0.1) is 5.82 Å². The summed E-state index contributed by atoms with van der Waals surface area (Å²) in [5.41, 5.74) is 1.26. The number of rotatable bonds is 4. The van der Waals surface area contributed by atoms with Crippen LogP contribution in [0.5, 0.6) is 0 Å². The molecule has 3 rings (SSSR count). The largest absolute Gasteiger partial charge is 0.291 e. The number of alkyl halides is 2. The van der Waals surface area contributed by atoms with E-state index in [2.05, 4.69) is 10.2 Å². The van der Waals surface area contributed by atoms with Crippen LogP contribution in [-0.2, 0) is 0 Å². The summed E-state index contributed by atoms with van der Waals surface area (Å²) >= 11 is 0.302. The second kappa shape index (κ2) is 6.23. The van der Waals surface area contributed by atoms with E-state index in [1.54, 1.807) is 12.1 Å². The molecule has 0 fully saturated rings. The van der Waals surface area contributed by atoms with Crippen LogP contribution in [0.4, 0.5) is 13.2 Å². The maximum atomic E-state index is 13.1. The molecule has 22 heavy (non-hydrogen) atoms. The summed E-state index contributed by atoms with van der Waals surface area (Å²) in [4.78, 5) is 0. The zero-order valence-corrected chi connectivity index (χ0v) is 12.0. The van der Waals surface area contributed by atoms with Crippen LogP contribution in [0.3, 0.4) is 0 Å². The van der Waals surface area contributed by atoms with Crippen LogP contribution in [-0.4, -0.2) is 20.5 Å². The van der Waals surface area contributed by atoms with Gasteiger partial charge in [0.25, 0.3) is 5.76 Å². The summed E-state index contributed by atoms with van der Waals surface area (Å²) in [6.45, 7) is 0. The predicted octanol–water partition coefficient (Wildman–Crippen LogP) is 4.39. The lowest BCUT2D eigenvalue weighted by Crippen LogP contribution is -2.00. The number of benzene rings is 2. The van der Waals surface area contributed by atoms with Crippen molar-refractivity contribution in [3.05, 3.63) is 60.4 Å². The molecular weight excluding hydrogens is 311 g/mol. The standard InChI is InChI=1S/C15H10F3N3S/c16-11-6-8-12(9-7-11)21-13(10-4-2-1-3-5-10)19-20-15(21)22-14(17)18/h1-9,14H. The third-order valence-electron chi connectivity index (χ3n) is 2.94. The van der Waals surface area contributed by atoms with E-state index in [1.165, 1.54) is 28.8 Å². The van der Waals surface area contributed by atoms with E-state index < -0.39 is 11.6 Å². The molecule has 0 saturated carbocycles. The van der Waals surface area contributed by atoms with Crippen molar-refractivity contribution in [3.8, 4) is 17.1 Å². The van der Waals surface area contributed by atoms with Crippen molar-refractivity contribution >= 4 is 11.8 Å². The van der Waals surface area contributed by atoms with E-state index >= 15 is 0 Å². The van der Waals surface area contributed by atoms with E-state index in [0.717, 1.165) is 5.56 Å². The molecule has 0 radical (unpaired) electrons. The van der Waals surface area contributed by atoms with E-state index in [4.69, 9.17) is 0 Å². The Bertz CT molecular complexity index is 757. The van der Waals surface area contributed by atoms with E-state index in [1.807, 2.05) is 18.2 Å². The minimum absolute atomic E-state index is 0.0560. The van der Waals surface area contributed by atoms with Crippen molar-refractivity contribution in [1.29, 1.82) is 0 Å². The minimum atomic E-state index is -2.62. The number of halogens is 3. The van der Waals surface area contributed by atoms with Gasteiger partial charge in [0, 0.05) is 11.3 Å². The molecule has 0 N–H and O–H groups in total. The molecular formula is C15H10F3N3S. The fraction of sp³-hybridized carbons (Fsp3) is 0.0667. The Morgan fingerprint density at radius 3 is 2.23 bits per heavy atom. The van der Waals surface area contributed by atoms with Crippen molar-refractivity contribution in [1.82, 2.24) is 14.8 Å². The maximum Gasteiger partial charge on any atom is 0.291 e. The highest BCUT2D eigenvalue weighted by atomic mass is 32.2. The van der Waals surface area contributed by atoms with Crippen LogP contribution in [0.1, 0.15) is 0 Å². The summed E-state index contributed by atoms with van der Waals surface area (Å²) in [6.07, 6.45) is 0. The molecule has 3 aromatic rings. The van der Waals surface area contributed by atoms with Crippen LogP contribution in [0.2, 0.25) is 0 Å². The van der Waals surface area contributed by atoms with Gasteiger partial charge in [-0.15, -0.1) is 10.2 Å². The van der Waals surface area contributed by atoms with E-state index in [-0.39, 0.29) is 5.16 Å². The molecule has 0 aliphatic heterocycles. The average molecular weight is 321 g/mol. The lowest BCUT2D eigenvalue weighted by Gasteiger charge is -2.10. The number of nitrogens with zero attached hydrogens (tertiary/aromatic N) is 3. The molecule has 2 aromatic carbocycles. The quantitative estimate of drug-likeness (QED) is 0.668. The summed E-state index contributed by atoms with van der Waals surface area (Å²) in [5, 5.41) is 7.89. The summed E-state index contributed by atoms with van der Waals surface area (Å²) in [6, 6.07) is 14.6. The average Bonchev–Trinajstić information content (AvgIpc) is 2.92. The number of hydrogen-bond acceptors (Lipinski definition) is 3. The second-order valence-corrected chi connectivity index (χ2v) is 5.32. The molecule has 0 amide bonds. The van der Waals surface area contributed by atoms with E-state index in [0.29, 0.717) is 23.3 Å². The fourth-order valence-corrected chi connectivity index (χ4v) is 2.57. The van der Waals surface area contributed by atoms with Gasteiger partial charge in [0.05, 0.1) is 0 Å². The molecule has 0 bridgehead atoms. The Balaban J connectivity index is 2.15. The highest BCUT2D eigenvalue weighted by Gasteiger charge is 2.19. The van der Waals surface area contributed by atoms with Gasteiger partial charge >= 0.3 is 0 Å². The van der Waals surface area contributed by atoms with Crippen molar-refractivity contribution in [2.75, 3.05) is 0 Å². The minimum Gasteiger partial charge on any atom is -0.270 e. The molecule has 0 unspecified atom stereocenters. The van der Waals surface area contributed by atoms with Gasteiger partial charge in [-0.25, -0.2) is 4.39 Å². The molecule has 3 nitrogen and oxygen atoms in total. The lowest BCUT2D eigenvalue weighted by molar-refractivity contribution is 0.251. The normalized spacial score (nSPS) is 11.1. The highest BCUT2D eigenvalue weighted by molar-refractivity contribution is 7.99. The third kappa shape index (κ3) is 2.99. The van der Waals surface area contributed by atoms with Gasteiger partial charge in [0.1, 0.15) is 5.82 Å². The number of thioether (sulfide) groups is 1.